The molecule has 6 nitrogen and oxygen atoms in total. The molecule has 0 bridgehead atoms. The number of aromatic nitrogens is 5. The summed E-state index contributed by atoms with van der Waals surface area (Å²) in [5.74, 6) is 1.17. The average molecular weight is 269 g/mol. The Kier molecular flexibility index (Phi) is 2.85. The smallest absolute Gasteiger partial charge is 0.261 e. The van der Waals surface area contributed by atoms with Gasteiger partial charge in [0.05, 0.1) is 17.4 Å². The number of hydrogen-bond donors (Lipinski definition) is 0. The molecule has 0 atom stereocenters. The Morgan fingerprint density at radius 1 is 1.15 bits per heavy atom. The SMILES string of the molecule is CC(C)(C)c1noc(-c2cnn(-c3ccncc3)c2)n1. The predicted molar refractivity (Wildman–Crippen MR) is 73.4 cm³/mol. The van der Waals surface area contributed by atoms with Gasteiger partial charge in [0.15, 0.2) is 5.82 Å². The molecule has 6 heteroatoms. The van der Waals surface area contributed by atoms with Crippen molar-refractivity contribution in [3.63, 3.8) is 0 Å². The van der Waals surface area contributed by atoms with Crippen LogP contribution in [0.1, 0.15) is 26.6 Å². The summed E-state index contributed by atoms with van der Waals surface area (Å²) in [6, 6.07) is 3.76. The lowest BCUT2D eigenvalue weighted by atomic mass is 9.96. The fourth-order valence-corrected chi connectivity index (χ4v) is 1.72. The highest BCUT2D eigenvalue weighted by molar-refractivity contribution is 5.51. The Labute approximate surface area is 116 Å². The van der Waals surface area contributed by atoms with Gasteiger partial charge in [-0.1, -0.05) is 25.9 Å². The van der Waals surface area contributed by atoms with Crippen LogP contribution in [-0.2, 0) is 5.41 Å². The highest BCUT2D eigenvalue weighted by atomic mass is 16.5. The van der Waals surface area contributed by atoms with Gasteiger partial charge in [-0.2, -0.15) is 10.1 Å². The van der Waals surface area contributed by atoms with Crippen LogP contribution in [0, 0.1) is 0 Å². The Bertz CT molecular complexity index is 709. The third-order valence-corrected chi connectivity index (χ3v) is 2.85. The van der Waals surface area contributed by atoms with Gasteiger partial charge in [-0.15, -0.1) is 0 Å². The van der Waals surface area contributed by atoms with Crippen LogP contribution in [0.2, 0.25) is 0 Å². The standard InChI is InChI=1S/C14H15N5O/c1-14(2,3)13-17-12(20-18-13)10-8-16-19(9-10)11-4-6-15-7-5-11/h4-9H,1-3H3. The third kappa shape index (κ3) is 2.32. The molecule has 0 aliphatic rings. The first-order valence-corrected chi connectivity index (χ1v) is 6.34. The van der Waals surface area contributed by atoms with Crippen molar-refractivity contribution in [1.82, 2.24) is 24.9 Å². The largest absolute Gasteiger partial charge is 0.334 e. The van der Waals surface area contributed by atoms with Crippen LogP contribution in [-0.4, -0.2) is 24.9 Å². The van der Waals surface area contributed by atoms with Gasteiger partial charge in [0.25, 0.3) is 5.89 Å². The second-order valence-corrected chi connectivity index (χ2v) is 5.55. The van der Waals surface area contributed by atoms with Crippen molar-refractivity contribution in [1.29, 1.82) is 0 Å². The quantitative estimate of drug-likeness (QED) is 0.715. The maximum absolute atomic E-state index is 5.30. The molecule has 0 saturated carbocycles. The molecule has 0 fully saturated rings. The first-order chi connectivity index (χ1) is 9.54. The topological polar surface area (TPSA) is 69.6 Å². The normalized spacial score (nSPS) is 11.8. The number of hydrogen-bond acceptors (Lipinski definition) is 5. The van der Waals surface area contributed by atoms with E-state index < -0.39 is 0 Å². The average Bonchev–Trinajstić information content (AvgIpc) is 3.08. The van der Waals surface area contributed by atoms with E-state index in [0.29, 0.717) is 11.7 Å². The van der Waals surface area contributed by atoms with E-state index in [9.17, 15) is 0 Å². The molecule has 102 valence electrons. The fraction of sp³-hybridized carbons (Fsp3) is 0.286. The minimum Gasteiger partial charge on any atom is -0.334 e. The van der Waals surface area contributed by atoms with Gasteiger partial charge < -0.3 is 4.52 Å². The number of rotatable bonds is 2. The molecular weight excluding hydrogens is 254 g/mol. The van der Waals surface area contributed by atoms with Crippen LogP contribution in [0.5, 0.6) is 0 Å². The summed E-state index contributed by atoms with van der Waals surface area (Å²) in [7, 11) is 0. The third-order valence-electron chi connectivity index (χ3n) is 2.85. The van der Waals surface area contributed by atoms with Crippen LogP contribution in [0.25, 0.3) is 17.1 Å². The molecule has 0 spiro atoms. The molecular formula is C14H15N5O. The first-order valence-electron chi connectivity index (χ1n) is 6.34. The van der Waals surface area contributed by atoms with E-state index in [0.717, 1.165) is 11.3 Å². The Hall–Kier alpha value is -2.50. The molecule has 0 saturated heterocycles. The molecule has 0 N–H and O–H groups in total. The minimum atomic E-state index is -0.136. The van der Waals surface area contributed by atoms with E-state index in [-0.39, 0.29) is 5.41 Å². The van der Waals surface area contributed by atoms with E-state index in [1.54, 1.807) is 23.3 Å². The van der Waals surface area contributed by atoms with Crippen molar-refractivity contribution in [2.45, 2.75) is 26.2 Å². The van der Waals surface area contributed by atoms with Crippen molar-refractivity contribution in [3.8, 4) is 17.1 Å². The summed E-state index contributed by atoms with van der Waals surface area (Å²) in [5, 5.41) is 8.31. The maximum atomic E-state index is 5.30. The molecule has 0 radical (unpaired) electrons. The molecule has 0 aliphatic carbocycles. The predicted octanol–water partition coefficient (Wildman–Crippen LogP) is 2.61. The van der Waals surface area contributed by atoms with E-state index >= 15 is 0 Å². The Balaban J connectivity index is 1.93. The molecule has 20 heavy (non-hydrogen) atoms. The van der Waals surface area contributed by atoms with Gasteiger partial charge >= 0.3 is 0 Å². The summed E-state index contributed by atoms with van der Waals surface area (Å²) < 4.78 is 7.05. The lowest BCUT2D eigenvalue weighted by molar-refractivity contribution is 0.402. The van der Waals surface area contributed by atoms with Gasteiger partial charge in [0.2, 0.25) is 0 Å². The van der Waals surface area contributed by atoms with Crippen LogP contribution < -0.4 is 0 Å². The van der Waals surface area contributed by atoms with E-state index in [1.807, 2.05) is 39.1 Å². The first kappa shape index (κ1) is 12.5. The molecule has 3 rings (SSSR count). The van der Waals surface area contributed by atoms with Crippen molar-refractivity contribution < 1.29 is 4.52 Å². The van der Waals surface area contributed by atoms with Crippen molar-refractivity contribution in [3.05, 3.63) is 42.7 Å². The second kappa shape index (κ2) is 4.56. The highest BCUT2D eigenvalue weighted by Crippen LogP contribution is 2.23. The van der Waals surface area contributed by atoms with Gasteiger partial charge in [-0.05, 0) is 12.1 Å². The van der Waals surface area contributed by atoms with Crippen LogP contribution in [0.4, 0.5) is 0 Å². The molecule has 0 amide bonds. The zero-order valence-electron chi connectivity index (χ0n) is 11.6. The van der Waals surface area contributed by atoms with Crippen molar-refractivity contribution in [2.24, 2.45) is 0 Å². The lowest BCUT2D eigenvalue weighted by Gasteiger charge is -2.10. The molecule has 0 aromatic carbocycles. The van der Waals surface area contributed by atoms with Gasteiger partial charge in [-0.3, -0.25) is 4.98 Å². The molecule has 3 aromatic heterocycles. The second-order valence-electron chi connectivity index (χ2n) is 5.55. The Morgan fingerprint density at radius 2 is 1.90 bits per heavy atom. The lowest BCUT2D eigenvalue weighted by Crippen LogP contribution is -2.13. The van der Waals surface area contributed by atoms with Crippen molar-refractivity contribution in [2.75, 3.05) is 0 Å². The van der Waals surface area contributed by atoms with E-state index in [4.69, 9.17) is 4.52 Å². The summed E-state index contributed by atoms with van der Waals surface area (Å²) in [5.41, 5.74) is 1.59. The maximum Gasteiger partial charge on any atom is 0.261 e. The van der Waals surface area contributed by atoms with E-state index in [2.05, 4.69) is 20.2 Å². The zero-order chi connectivity index (χ0) is 14.2. The molecule has 0 unspecified atom stereocenters. The van der Waals surface area contributed by atoms with Gasteiger partial charge in [-0.25, -0.2) is 4.68 Å². The monoisotopic (exact) mass is 269 g/mol. The zero-order valence-corrected chi connectivity index (χ0v) is 11.6. The summed E-state index contributed by atoms with van der Waals surface area (Å²) >= 11 is 0. The summed E-state index contributed by atoms with van der Waals surface area (Å²) in [6.45, 7) is 6.13. The van der Waals surface area contributed by atoms with Crippen LogP contribution >= 0.6 is 0 Å². The van der Waals surface area contributed by atoms with Gasteiger partial charge in [0, 0.05) is 24.0 Å². The molecule has 3 aromatic rings. The molecule has 0 aliphatic heterocycles. The minimum absolute atomic E-state index is 0.136. The fourth-order valence-electron chi connectivity index (χ4n) is 1.72. The van der Waals surface area contributed by atoms with Crippen LogP contribution in [0.15, 0.2) is 41.4 Å². The summed E-state index contributed by atoms with van der Waals surface area (Å²) in [6.07, 6.45) is 7.01. The van der Waals surface area contributed by atoms with Crippen LogP contribution in [0.3, 0.4) is 0 Å². The number of pyridine rings is 1. The number of nitrogens with zero attached hydrogens (tertiary/aromatic N) is 5. The molecule has 3 heterocycles. The van der Waals surface area contributed by atoms with Crippen molar-refractivity contribution >= 4 is 0 Å². The Morgan fingerprint density at radius 3 is 2.55 bits per heavy atom. The van der Waals surface area contributed by atoms with E-state index in [1.165, 1.54) is 0 Å². The highest BCUT2D eigenvalue weighted by Gasteiger charge is 2.22. The summed E-state index contributed by atoms with van der Waals surface area (Å²) in [4.78, 5) is 8.40. The van der Waals surface area contributed by atoms with Gasteiger partial charge in [0.1, 0.15) is 0 Å².